The van der Waals surface area contributed by atoms with Crippen molar-refractivity contribution in [1.29, 1.82) is 0 Å². The molecule has 3 nitrogen and oxygen atoms in total. The van der Waals surface area contributed by atoms with Gasteiger partial charge in [0.1, 0.15) is 0 Å². The van der Waals surface area contributed by atoms with Gasteiger partial charge < -0.3 is 10.6 Å². The molecule has 2 N–H and O–H groups in total. The minimum Gasteiger partial charge on any atom is -0.325 e. The smallest absolute Gasteiger partial charge is 0.288 e. The van der Waals surface area contributed by atoms with Gasteiger partial charge in [-0.15, -0.1) is 0 Å². The van der Waals surface area contributed by atoms with Crippen LogP contribution in [0, 0.1) is 0 Å². The summed E-state index contributed by atoms with van der Waals surface area (Å²) in [7, 11) is 0. The van der Waals surface area contributed by atoms with Crippen molar-refractivity contribution in [2.45, 2.75) is 48.8 Å². The molecule has 2 rings (SSSR count). The lowest BCUT2D eigenvalue weighted by atomic mass is 10.0. The summed E-state index contributed by atoms with van der Waals surface area (Å²) >= 11 is 0.453. The van der Waals surface area contributed by atoms with Gasteiger partial charge in [-0.1, -0.05) is 30.3 Å². The summed E-state index contributed by atoms with van der Waals surface area (Å²) in [5, 5.41) is 6.13. The molecular weight excluding hydrogens is 294 g/mol. The van der Waals surface area contributed by atoms with E-state index in [1.807, 2.05) is 0 Å². The second-order valence-electron chi connectivity index (χ2n) is 5.11. The average Bonchev–Trinajstić information content (AvgIpc) is 2.48. The number of amides is 1. The van der Waals surface area contributed by atoms with Crippen LogP contribution in [0.5, 0.6) is 0 Å². The molecule has 1 aliphatic heterocycles. The number of nitrogens with one attached hydrogen (secondary N) is 2. The van der Waals surface area contributed by atoms with E-state index in [2.05, 4.69) is 10.6 Å². The van der Waals surface area contributed by atoms with Crippen LogP contribution < -0.4 is 10.6 Å². The van der Waals surface area contributed by atoms with E-state index in [0.717, 1.165) is 19.4 Å². The molecule has 0 spiro atoms. The number of rotatable bonds is 6. The molecule has 1 amide bonds. The Kier molecular flexibility index (Phi) is 6.45. The van der Waals surface area contributed by atoms with Crippen LogP contribution >= 0.6 is 11.8 Å². The van der Waals surface area contributed by atoms with Crippen molar-refractivity contribution in [3.63, 3.8) is 0 Å². The largest absolute Gasteiger partial charge is 0.325 e. The predicted molar refractivity (Wildman–Crippen MR) is 81.8 cm³/mol. The Morgan fingerprint density at radius 3 is 2.90 bits per heavy atom. The topological polar surface area (TPSA) is 41.1 Å². The van der Waals surface area contributed by atoms with Crippen molar-refractivity contribution in [1.82, 2.24) is 5.32 Å². The first-order chi connectivity index (χ1) is 10.1. The molecule has 1 aromatic rings. The summed E-state index contributed by atoms with van der Waals surface area (Å²) in [6, 6.07) is 7.06. The fourth-order valence-corrected chi connectivity index (χ4v) is 3.05. The highest BCUT2D eigenvalue weighted by atomic mass is 32.2. The first kappa shape index (κ1) is 16.2. The molecule has 21 heavy (non-hydrogen) atoms. The van der Waals surface area contributed by atoms with Crippen LogP contribution in [-0.4, -0.2) is 24.3 Å². The van der Waals surface area contributed by atoms with E-state index in [9.17, 15) is 13.6 Å². The third kappa shape index (κ3) is 5.63. The van der Waals surface area contributed by atoms with Gasteiger partial charge in [0.05, 0.1) is 5.69 Å². The second-order valence-corrected chi connectivity index (χ2v) is 6.14. The van der Waals surface area contributed by atoms with Gasteiger partial charge in [0.25, 0.3) is 5.76 Å². The third-order valence-corrected chi connectivity index (χ3v) is 4.30. The SMILES string of the molecule is O=C(CCC1CCCCN1)Nc1ccccc1SC(F)F. The number of piperidine rings is 1. The number of carbonyl (C=O) groups excluding carboxylic acids is 1. The minimum absolute atomic E-state index is 0.121. The molecule has 0 aromatic heterocycles. The molecule has 1 fully saturated rings. The average molecular weight is 314 g/mol. The van der Waals surface area contributed by atoms with Crippen molar-refractivity contribution >= 4 is 23.4 Å². The molecule has 0 saturated carbocycles. The standard InChI is InChI=1S/C15H20F2N2OS/c16-15(17)21-13-7-2-1-6-12(13)19-14(20)9-8-11-5-3-4-10-18-11/h1-2,6-7,11,15,18H,3-5,8-10H2,(H,19,20). The molecule has 1 aliphatic rings. The van der Waals surface area contributed by atoms with E-state index in [0.29, 0.717) is 34.8 Å². The van der Waals surface area contributed by atoms with Gasteiger partial charge in [-0.2, -0.15) is 8.78 Å². The molecule has 0 aliphatic carbocycles. The van der Waals surface area contributed by atoms with Gasteiger partial charge in [-0.25, -0.2) is 0 Å². The summed E-state index contributed by atoms with van der Waals surface area (Å²) in [4.78, 5) is 12.4. The van der Waals surface area contributed by atoms with E-state index >= 15 is 0 Å². The molecule has 1 unspecified atom stereocenters. The van der Waals surface area contributed by atoms with Gasteiger partial charge in [0, 0.05) is 17.4 Å². The van der Waals surface area contributed by atoms with Crippen LogP contribution in [0.2, 0.25) is 0 Å². The minimum atomic E-state index is -2.49. The van der Waals surface area contributed by atoms with Gasteiger partial charge in [0.15, 0.2) is 0 Å². The van der Waals surface area contributed by atoms with Crippen LogP contribution in [0.25, 0.3) is 0 Å². The molecular formula is C15H20F2N2OS. The number of anilines is 1. The maximum atomic E-state index is 12.5. The van der Waals surface area contributed by atoms with Crippen LogP contribution in [0.4, 0.5) is 14.5 Å². The Hall–Kier alpha value is -1.14. The molecule has 6 heteroatoms. The number of halogens is 2. The van der Waals surface area contributed by atoms with Crippen molar-refractivity contribution < 1.29 is 13.6 Å². The van der Waals surface area contributed by atoms with Crippen molar-refractivity contribution in [3.05, 3.63) is 24.3 Å². The monoisotopic (exact) mass is 314 g/mol. The lowest BCUT2D eigenvalue weighted by Crippen LogP contribution is -2.34. The normalized spacial score (nSPS) is 18.7. The zero-order chi connectivity index (χ0) is 15.1. The molecule has 116 valence electrons. The molecule has 1 aromatic carbocycles. The van der Waals surface area contributed by atoms with Gasteiger partial charge in [0.2, 0.25) is 5.91 Å². The number of thioether (sulfide) groups is 1. The summed E-state index contributed by atoms with van der Waals surface area (Å²) in [6.07, 6.45) is 4.69. The lowest BCUT2D eigenvalue weighted by Gasteiger charge is -2.23. The van der Waals surface area contributed by atoms with E-state index in [4.69, 9.17) is 0 Å². The van der Waals surface area contributed by atoms with Crippen molar-refractivity contribution in [2.24, 2.45) is 0 Å². The van der Waals surface area contributed by atoms with Gasteiger partial charge in [-0.3, -0.25) is 4.79 Å². The fraction of sp³-hybridized carbons (Fsp3) is 0.533. The zero-order valence-electron chi connectivity index (χ0n) is 11.8. The summed E-state index contributed by atoms with van der Waals surface area (Å²) in [6.45, 7) is 1.01. The number of alkyl halides is 2. The summed E-state index contributed by atoms with van der Waals surface area (Å²) < 4.78 is 24.9. The second kappa shape index (κ2) is 8.34. The highest BCUT2D eigenvalue weighted by Gasteiger charge is 2.15. The van der Waals surface area contributed by atoms with E-state index < -0.39 is 5.76 Å². The molecule has 1 atom stereocenters. The summed E-state index contributed by atoms with van der Waals surface area (Å²) in [5.74, 6) is -2.61. The Balaban J connectivity index is 1.84. The van der Waals surface area contributed by atoms with Crippen molar-refractivity contribution in [2.75, 3.05) is 11.9 Å². The van der Waals surface area contributed by atoms with Crippen LogP contribution in [0.3, 0.4) is 0 Å². The number of carbonyl (C=O) groups is 1. The molecule has 1 heterocycles. The van der Waals surface area contributed by atoms with E-state index in [-0.39, 0.29) is 5.91 Å². The lowest BCUT2D eigenvalue weighted by molar-refractivity contribution is -0.116. The van der Waals surface area contributed by atoms with Gasteiger partial charge in [-0.05, 0) is 37.9 Å². The zero-order valence-corrected chi connectivity index (χ0v) is 12.6. The third-order valence-electron chi connectivity index (χ3n) is 3.51. The first-order valence-corrected chi connectivity index (χ1v) is 8.10. The fourth-order valence-electron chi connectivity index (χ4n) is 2.46. The van der Waals surface area contributed by atoms with Crippen LogP contribution in [0.15, 0.2) is 29.2 Å². The Morgan fingerprint density at radius 2 is 2.19 bits per heavy atom. The Labute approximate surface area is 127 Å². The molecule has 1 saturated heterocycles. The number of hydrogen-bond acceptors (Lipinski definition) is 3. The maximum absolute atomic E-state index is 12.5. The number of para-hydroxylation sites is 1. The Bertz CT molecular complexity index is 465. The Morgan fingerprint density at radius 1 is 1.38 bits per heavy atom. The van der Waals surface area contributed by atoms with E-state index in [1.165, 1.54) is 12.8 Å². The quantitative estimate of drug-likeness (QED) is 0.783. The van der Waals surface area contributed by atoms with Crippen molar-refractivity contribution in [3.8, 4) is 0 Å². The van der Waals surface area contributed by atoms with E-state index in [1.54, 1.807) is 24.3 Å². The van der Waals surface area contributed by atoms with Crippen LogP contribution in [0.1, 0.15) is 32.1 Å². The van der Waals surface area contributed by atoms with Crippen LogP contribution in [-0.2, 0) is 4.79 Å². The highest BCUT2D eigenvalue weighted by molar-refractivity contribution is 7.99. The predicted octanol–water partition coefficient (Wildman–Crippen LogP) is 3.86. The maximum Gasteiger partial charge on any atom is 0.288 e. The summed E-state index contributed by atoms with van der Waals surface area (Å²) in [5.41, 5.74) is 0.462. The highest BCUT2D eigenvalue weighted by Crippen LogP contribution is 2.31. The van der Waals surface area contributed by atoms with Gasteiger partial charge >= 0.3 is 0 Å². The molecule has 0 bridgehead atoms. The number of hydrogen-bond donors (Lipinski definition) is 2. The molecule has 0 radical (unpaired) electrons. The number of benzene rings is 1. The first-order valence-electron chi connectivity index (χ1n) is 7.22.